The van der Waals surface area contributed by atoms with E-state index in [1.165, 1.54) is 4.88 Å². The lowest BCUT2D eigenvalue weighted by Gasteiger charge is -2.10. The Hall–Kier alpha value is -1.14. The Balaban J connectivity index is 1.64. The second kappa shape index (κ2) is 6.15. The first-order chi connectivity index (χ1) is 8.69. The summed E-state index contributed by atoms with van der Waals surface area (Å²) in [5.41, 5.74) is 0. The number of carbonyl (C=O) groups is 1. The van der Waals surface area contributed by atoms with Gasteiger partial charge in [0.05, 0.1) is 12.6 Å². The number of aliphatic hydroxyl groups excluding tert-OH is 1. The van der Waals surface area contributed by atoms with E-state index in [0.29, 0.717) is 19.0 Å². The average molecular weight is 269 g/mol. The number of amides is 2. The van der Waals surface area contributed by atoms with Gasteiger partial charge in [0.2, 0.25) is 0 Å². The van der Waals surface area contributed by atoms with Crippen LogP contribution in [0.1, 0.15) is 29.7 Å². The number of nitrogens with zero attached hydrogens (tertiary/aromatic N) is 1. The molecule has 1 fully saturated rings. The predicted molar refractivity (Wildman–Crippen MR) is 70.5 cm³/mol. The van der Waals surface area contributed by atoms with Crippen molar-refractivity contribution >= 4 is 17.4 Å². The first-order valence-electron chi connectivity index (χ1n) is 6.32. The van der Waals surface area contributed by atoms with Crippen molar-refractivity contribution in [2.24, 2.45) is 5.92 Å². The Kier molecular flexibility index (Phi) is 4.54. The Labute approximate surface area is 111 Å². The van der Waals surface area contributed by atoms with Crippen LogP contribution < -0.4 is 10.6 Å². The van der Waals surface area contributed by atoms with Gasteiger partial charge < -0.3 is 15.7 Å². The highest BCUT2D eigenvalue weighted by atomic mass is 32.1. The maximum atomic E-state index is 11.5. The van der Waals surface area contributed by atoms with Gasteiger partial charge in [-0.15, -0.1) is 11.3 Å². The summed E-state index contributed by atoms with van der Waals surface area (Å²) in [6.07, 6.45) is 4.56. The SMILES string of the molecule is CCc1cnc(CNC(=O)NC[C@@H](O)C2CC2)s1. The zero-order valence-electron chi connectivity index (χ0n) is 10.5. The quantitative estimate of drug-likeness (QED) is 0.728. The van der Waals surface area contributed by atoms with Crippen molar-refractivity contribution in [2.45, 2.75) is 38.8 Å². The lowest BCUT2D eigenvalue weighted by atomic mass is 10.2. The predicted octanol–water partition coefficient (Wildman–Crippen LogP) is 1.28. The third kappa shape index (κ3) is 3.96. The van der Waals surface area contributed by atoms with Crippen LogP contribution in [0.4, 0.5) is 4.79 Å². The number of aromatic nitrogens is 1. The van der Waals surface area contributed by atoms with Crippen molar-refractivity contribution in [3.05, 3.63) is 16.1 Å². The molecule has 0 aromatic carbocycles. The summed E-state index contributed by atoms with van der Waals surface area (Å²) in [5.74, 6) is 0.386. The monoisotopic (exact) mass is 269 g/mol. The van der Waals surface area contributed by atoms with Crippen LogP contribution in [0.25, 0.3) is 0 Å². The van der Waals surface area contributed by atoms with Gasteiger partial charge in [-0.3, -0.25) is 0 Å². The molecule has 6 heteroatoms. The van der Waals surface area contributed by atoms with Gasteiger partial charge in [0.1, 0.15) is 5.01 Å². The fraction of sp³-hybridized carbons (Fsp3) is 0.667. The summed E-state index contributed by atoms with van der Waals surface area (Å²) in [5, 5.41) is 15.9. The first kappa shape index (κ1) is 13.3. The van der Waals surface area contributed by atoms with Crippen LogP contribution in [0.15, 0.2) is 6.20 Å². The molecule has 1 aromatic heterocycles. The summed E-state index contributed by atoms with van der Waals surface area (Å²) in [7, 11) is 0. The number of thiazole rings is 1. The molecule has 1 atom stereocenters. The van der Waals surface area contributed by atoms with Gasteiger partial charge in [0.25, 0.3) is 0 Å². The van der Waals surface area contributed by atoms with Gasteiger partial charge in [-0.1, -0.05) is 6.92 Å². The van der Waals surface area contributed by atoms with Crippen LogP contribution in [0.2, 0.25) is 0 Å². The lowest BCUT2D eigenvalue weighted by Crippen LogP contribution is -2.39. The van der Waals surface area contributed by atoms with Crippen LogP contribution in [0, 0.1) is 5.92 Å². The molecule has 0 unspecified atom stereocenters. The smallest absolute Gasteiger partial charge is 0.315 e. The minimum absolute atomic E-state index is 0.247. The standard InChI is InChI=1S/C12H19N3O2S/c1-2-9-5-13-11(18-9)7-15-12(17)14-6-10(16)8-3-4-8/h5,8,10,16H,2-4,6-7H2,1H3,(H2,14,15,17)/t10-/m1/s1. The zero-order chi connectivity index (χ0) is 13.0. The summed E-state index contributed by atoms with van der Waals surface area (Å²) in [6, 6.07) is -0.247. The molecule has 0 aliphatic heterocycles. The molecule has 2 amide bonds. The highest BCUT2D eigenvalue weighted by Crippen LogP contribution is 2.32. The third-order valence-electron chi connectivity index (χ3n) is 2.99. The normalized spacial score (nSPS) is 16.3. The number of rotatable bonds is 6. The third-order valence-corrected chi connectivity index (χ3v) is 4.13. The van der Waals surface area contributed by atoms with Crippen molar-refractivity contribution in [1.82, 2.24) is 15.6 Å². The van der Waals surface area contributed by atoms with Crippen LogP contribution in [-0.2, 0) is 13.0 Å². The van der Waals surface area contributed by atoms with Gasteiger partial charge >= 0.3 is 6.03 Å². The second-order valence-corrected chi connectivity index (χ2v) is 5.74. The average Bonchev–Trinajstić information content (AvgIpc) is 3.13. The molecule has 100 valence electrons. The number of carbonyl (C=O) groups excluding carboxylic acids is 1. The number of aliphatic hydroxyl groups is 1. The number of hydrogen-bond donors (Lipinski definition) is 3. The van der Waals surface area contributed by atoms with Crippen LogP contribution >= 0.6 is 11.3 Å². The minimum Gasteiger partial charge on any atom is -0.391 e. The maximum Gasteiger partial charge on any atom is 0.315 e. The fourth-order valence-corrected chi connectivity index (χ4v) is 2.46. The zero-order valence-corrected chi connectivity index (χ0v) is 11.3. The van der Waals surface area contributed by atoms with E-state index in [2.05, 4.69) is 22.5 Å². The topological polar surface area (TPSA) is 74.2 Å². The van der Waals surface area contributed by atoms with Gasteiger partial charge in [0.15, 0.2) is 0 Å². The van der Waals surface area contributed by atoms with Crippen LogP contribution in [0.3, 0.4) is 0 Å². The van der Waals surface area contributed by atoms with E-state index in [9.17, 15) is 9.90 Å². The van der Waals surface area contributed by atoms with Crippen molar-refractivity contribution < 1.29 is 9.90 Å². The fourth-order valence-electron chi connectivity index (χ4n) is 1.66. The summed E-state index contributed by atoms with van der Waals surface area (Å²) in [4.78, 5) is 16.9. The van der Waals surface area contributed by atoms with E-state index in [-0.39, 0.29) is 6.03 Å². The van der Waals surface area contributed by atoms with Crippen molar-refractivity contribution in [3.63, 3.8) is 0 Å². The largest absolute Gasteiger partial charge is 0.391 e. The van der Waals surface area contributed by atoms with Gasteiger partial charge in [-0.05, 0) is 25.2 Å². The Morgan fingerprint density at radius 2 is 2.39 bits per heavy atom. The molecule has 1 aromatic rings. The molecule has 5 nitrogen and oxygen atoms in total. The molecule has 2 rings (SSSR count). The Morgan fingerprint density at radius 1 is 1.61 bits per heavy atom. The molecule has 0 spiro atoms. The molecule has 18 heavy (non-hydrogen) atoms. The number of aryl methyl sites for hydroxylation is 1. The maximum absolute atomic E-state index is 11.5. The van der Waals surface area contributed by atoms with E-state index >= 15 is 0 Å². The Bertz CT molecular complexity index is 404. The molecule has 1 saturated carbocycles. The number of urea groups is 1. The molecule has 0 radical (unpaired) electrons. The molecule has 0 saturated heterocycles. The van der Waals surface area contributed by atoms with E-state index in [4.69, 9.17) is 0 Å². The summed E-state index contributed by atoms with van der Waals surface area (Å²) < 4.78 is 0. The molecular formula is C12H19N3O2S. The van der Waals surface area contributed by atoms with Crippen molar-refractivity contribution in [3.8, 4) is 0 Å². The minimum atomic E-state index is -0.401. The molecular weight excluding hydrogens is 250 g/mol. The van der Waals surface area contributed by atoms with Crippen LogP contribution in [-0.4, -0.2) is 28.8 Å². The molecule has 1 aliphatic carbocycles. The van der Waals surface area contributed by atoms with Gasteiger partial charge in [-0.2, -0.15) is 0 Å². The lowest BCUT2D eigenvalue weighted by molar-refractivity contribution is 0.149. The molecule has 3 N–H and O–H groups in total. The van der Waals surface area contributed by atoms with Gasteiger partial charge in [0, 0.05) is 17.6 Å². The summed E-state index contributed by atoms with van der Waals surface area (Å²) in [6.45, 7) is 2.85. The number of hydrogen-bond acceptors (Lipinski definition) is 4. The van der Waals surface area contributed by atoms with Gasteiger partial charge in [-0.25, -0.2) is 9.78 Å². The Morgan fingerprint density at radius 3 is 3.00 bits per heavy atom. The molecule has 1 heterocycles. The van der Waals surface area contributed by atoms with E-state index < -0.39 is 6.10 Å². The highest BCUT2D eigenvalue weighted by molar-refractivity contribution is 7.11. The van der Waals surface area contributed by atoms with E-state index in [1.807, 2.05) is 6.20 Å². The second-order valence-electron chi connectivity index (χ2n) is 4.54. The number of nitrogens with one attached hydrogen (secondary N) is 2. The van der Waals surface area contributed by atoms with E-state index in [1.54, 1.807) is 11.3 Å². The molecule has 1 aliphatic rings. The first-order valence-corrected chi connectivity index (χ1v) is 7.14. The highest BCUT2D eigenvalue weighted by Gasteiger charge is 2.29. The summed E-state index contributed by atoms with van der Waals surface area (Å²) >= 11 is 1.61. The van der Waals surface area contributed by atoms with Crippen molar-refractivity contribution in [1.29, 1.82) is 0 Å². The van der Waals surface area contributed by atoms with Crippen molar-refractivity contribution in [2.75, 3.05) is 6.54 Å². The van der Waals surface area contributed by atoms with Crippen LogP contribution in [0.5, 0.6) is 0 Å². The molecule has 0 bridgehead atoms. The van der Waals surface area contributed by atoms with E-state index in [0.717, 1.165) is 24.3 Å².